The Hall–Kier alpha value is 0.0400. The van der Waals surface area contributed by atoms with Crippen molar-refractivity contribution in [1.82, 2.24) is 0 Å². The Kier molecular flexibility index (Phi) is 3.45. The van der Waals surface area contributed by atoms with Crippen LogP contribution in [0, 0.1) is 0 Å². The highest BCUT2D eigenvalue weighted by Gasteiger charge is 2.16. The van der Waals surface area contributed by atoms with E-state index in [1.54, 1.807) is 12.3 Å². The first kappa shape index (κ1) is 11.5. The maximum atomic E-state index is 6.14. The highest BCUT2D eigenvalue weighted by Crippen LogP contribution is 2.43. The molecule has 0 saturated heterocycles. The molecule has 0 aliphatic heterocycles. The lowest BCUT2D eigenvalue weighted by Crippen LogP contribution is -1.82. The molecule has 2 rings (SSSR count). The Morgan fingerprint density at radius 2 is 1.80 bits per heavy atom. The van der Waals surface area contributed by atoms with Crippen molar-refractivity contribution >= 4 is 55.1 Å². The molecule has 0 fully saturated rings. The summed E-state index contributed by atoms with van der Waals surface area (Å²) < 4.78 is 6.87. The molecule has 0 radical (unpaired) electrons. The minimum Gasteiger partial charge on any atom is -0.464 e. The van der Waals surface area contributed by atoms with Crippen LogP contribution in [0.25, 0.3) is 11.3 Å². The van der Waals surface area contributed by atoms with E-state index in [1.807, 2.05) is 12.1 Å². The van der Waals surface area contributed by atoms with Gasteiger partial charge in [-0.3, -0.25) is 0 Å². The Morgan fingerprint density at radius 3 is 2.40 bits per heavy atom. The second-order valence-corrected chi connectivity index (χ2v) is 5.29. The molecular formula is C10H4Br2Cl2O. The van der Waals surface area contributed by atoms with E-state index in [4.69, 9.17) is 27.6 Å². The maximum Gasteiger partial charge on any atom is 0.136 e. The van der Waals surface area contributed by atoms with Gasteiger partial charge in [0.25, 0.3) is 0 Å². The van der Waals surface area contributed by atoms with E-state index in [0.717, 1.165) is 14.5 Å². The van der Waals surface area contributed by atoms with Gasteiger partial charge in [0, 0.05) is 8.95 Å². The number of hydrogen-bond donors (Lipinski definition) is 0. The van der Waals surface area contributed by atoms with Gasteiger partial charge in [0.05, 0.1) is 21.9 Å². The van der Waals surface area contributed by atoms with Gasteiger partial charge in [-0.05, 0) is 50.1 Å². The lowest BCUT2D eigenvalue weighted by atomic mass is 10.2. The largest absolute Gasteiger partial charge is 0.464 e. The summed E-state index contributed by atoms with van der Waals surface area (Å²) in [6.45, 7) is 0. The second kappa shape index (κ2) is 4.50. The van der Waals surface area contributed by atoms with E-state index >= 15 is 0 Å². The molecular weight excluding hydrogens is 367 g/mol. The zero-order valence-electron chi connectivity index (χ0n) is 7.23. The van der Waals surface area contributed by atoms with Gasteiger partial charge in [-0.15, -0.1) is 0 Å². The van der Waals surface area contributed by atoms with Gasteiger partial charge in [-0.1, -0.05) is 23.2 Å². The Balaban J connectivity index is 2.72. The van der Waals surface area contributed by atoms with Crippen LogP contribution in [0.2, 0.25) is 10.0 Å². The summed E-state index contributed by atoms with van der Waals surface area (Å²) >= 11 is 18.9. The van der Waals surface area contributed by atoms with E-state index in [1.165, 1.54) is 0 Å². The van der Waals surface area contributed by atoms with Crippen LogP contribution >= 0.6 is 55.1 Å². The van der Waals surface area contributed by atoms with E-state index in [-0.39, 0.29) is 0 Å². The lowest BCUT2D eigenvalue weighted by molar-refractivity contribution is 0.582. The highest BCUT2D eigenvalue weighted by molar-refractivity contribution is 9.11. The molecule has 1 aromatic heterocycles. The van der Waals surface area contributed by atoms with Crippen LogP contribution in [-0.2, 0) is 0 Å². The first-order valence-electron chi connectivity index (χ1n) is 3.98. The Labute approximate surface area is 114 Å². The molecule has 1 aromatic carbocycles. The quantitative estimate of drug-likeness (QED) is 0.458. The third-order valence-electron chi connectivity index (χ3n) is 1.88. The summed E-state index contributed by atoms with van der Waals surface area (Å²) in [5.41, 5.74) is 0.759. The van der Waals surface area contributed by atoms with Crippen LogP contribution in [0.5, 0.6) is 0 Å². The van der Waals surface area contributed by atoms with Gasteiger partial charge in [-0.2, -0.15) is 0 Å². The Bertz CT molecular complexity index is 495. The van der Waals surface area contributed by atoms with E-state index in [2.05, 4.69) is 31.9 Å². The summed E-state index contributed by atoms with van der Waals surface area (Å²) in [7, 11) is 0. The number of rotatable bonds is 1. The SMILES string of the molecule is Clc1c(Br)cc(Br)c(-c2ccco2)c1Cl. The zero-order valence-corrected chi connectivity index (χ0v) is 11.9. The maximum absolute atomic E-state index is 6.14. The smallest absolute Gasteiger partial charge is 0.136 e. The monoisotopic (exact) mass is 368 g/mol. The van der Waals surface area contributed by atoms with Crippen LogP contribution in [0.4, 0.5) is 0 Å². The van der Waals surface area contributed by atoms with Crippen molar-refractivity contribution in [3.8, 4) is 11.3 Å². The summed E-state index contributed by atoms with van der Waals surface area (Å²) in [6.07, 6.45) is 1.59. The molecule has 0 aliphatic carbocycles. The first-order chi connectivity index (χ1) is 7.11. The fourth-order valence-electron chi connectivity index (χ4n) is 1.21. The molecule has 78 valence electrons. The summed E-state index contributed by atoms with van der Waals surface area (Å²) in [5.74, 6) is 0.682. The molecule has 0 bridgehead atoms. The summed E-state index contributed by atoms with van der Waals surface area (Å²) in [5, 5.41) is 0.944. The van der Waals surface area contributed by atoms with Crippen molar-refractivity contribution < 1.29 is 4.42 Å². The summed E-state index contributed by atoms with van der Waals surface area (Å²) in [6, 6.07) is 5.47. The number of halogens is 4. The molecule has 0 spiro atoms. The third kappa shape index (κ3) is 2.11. The molecule has 1 nitrogen and oxygen atoms in total. The molecule has 15 heavy (non-hydrogen) atoms. The normalized spacial score (nSPS) is 10.7. The standard InChI is InChI=1S/C10H4Br2Cl2O/c11-5-4-6(12)9(13)10(14)8(5)7-2-1-3-15-7/h1-4H. The predicted octanol–water partition coefficient (Wildman–Crippen LogP) is 5.78. The Morgan fingerprint density at radius 1 is 1.07 bits per heavy atom. The van der Waals surface area contributed by atoms with Crippen molar-refractivity contribution in [2.75, 3.05) is 0 Å². The van der Waals surface area contributed by atoms with Crippen molar-refractivity contribution in [1.29, 1.82) is 0 Å². The van der Waals surface area contributed by atoms with Crippen LogP contribution in [0.3, 0.4) is 0 Å². The molecule has 0 amide bonds. The van der Waals surface area contributed by atoms with E-state index in [9.17, 15) is 0 Å². The van der Waals surface area contributed by atoms with Crippen LogP contribution < -0.4 is 0 Å². The third-order valence-corrected chi connectivity index (χ3v) is 4.23. The van der Waals surface area contributed by atoms with Gasteiger partial charge in [0.1, 0.15) is 5.76 Å². The molecule has 0 N–H and O–H groups in total. The average molecular weight is 371 g/mol. The van der Waals surface area contributed by atoms with Gasteiger partial charge in [-0.25, -0.2) is 0 Å². The molecule has 2 aromatic rings. The van der Waals surface area contributed by atoms with Crippen molar-refractivity contribution in [2.24, 2.45) is 0 Å². The van der Waals surface area contributed by atoms with Crippen molar-refractivity contribution in [3.63, 3.8) is 0 Å². The zero-order chi connectivity index (χ0) is 11.0. The number of furan rings is 1. The van der Waals surface area contributed by atoms with Crippen molar-refractivity contribution in [3.05, 3.63) is 43.5 Å². The molecule has 0 aliphatic rings. The van der Waals surface area contributed by atoms with Gasteiger partial charge >= 0.3 is 0 Å². The first-order valence-corrected chi connectivity index (χ1v) is 6.32. The topological polar surface area (TPSA) is 13.1 Å². The van der Waals surface area contributed by atoms with E-state index in [0.29, 0.717) is 15.8 Å². The van der Waals surface area contributed by atoms with Crippen LogP contribution in [-0.4, -0.2) is 0 Å². The molecule has 0 saturated carbocycles. The molecule has 0 atom stereocenters. The van der Waals surface area contributed by atoms with Crippen LogP contribution in [0.1, 0.15) is 0 Å². The average Bonchev–Trinajstić information content (AvgIpc) is 2.68. The molecule has 0 unspecified atom stereocenters. The second-order valence-electron chi connectivity index (χ2n) is 2.82. The van der Waals surface area contributed by atoms with Gasteiger partial charge in [0.15, 0.2) is 0 Å². The number of hydrogen-bond acceptors (Lipinski definition) is 1. The van der Waals surface area contributed by atoms with Crippen molar-refractivity contribution in [2.45, 2.75) is 0 Å². The van der Waals surface area contributed by atoms with Gasteiger partial charge in [0.2, 0.25) is 0 Å². The minimum absolute atomic E-state index is 0.466. The fourth-order valence-corrected chi connectivity index (χ4v) is 3.24. The molecule has 5 heteroatoms. The summed E-state index contributed by atoms with van der Waals surface area (Å²) in [4.78, 5) is 0. The van der Waals surface area contributed by atoms with E-state index < -0.39 is 0 Å². The van der Waals surface area contributed by atoms with Crippen LogP contribution in [0.15, 0.2) is 37.8 Å². The lowest BCUT2D eigenvalue weighted by Gasteiger charge is -2.07. The fraction of sp³-hybridized carbons (Fsp3) is 0. The predicted molar refractivity (Wildman–Crippen MR) is 69.6 cm³/mol. The minimum atomic E-state index is 0.466. The highest BCUT2D eigenvalue weighted by atomic mass is 79.9. The van der Waals surface area contributed by atoms with Gasteiger partial charge < -0.3 is 4.42 Å². The number of benzene rings is 1. The molecule has 1 heterocycles.